The molecule has 0 aromatic heterocycles. The third-order valence-electron chi connectivity index (χ3n) is 3.88. The Bertz CT molecular complexity index is 182. The molecule has 0 aliphatic heterocycles. The fraction of sp³-hybridized carbons (Fsp3) is 1.00. The van der Waals surface area contributed by atoms with Crippen molar-refractivity contribution in [1.29, 1.82) is 0 Å². The maximum absolute atomic E-state index is 5.52. The monoisotopic (exact) mass is 286 g/mol. The molecule has 0 fully saturated rings. The van der Waals surface area contributed by atoms with Gasteiger partial charge in [0.25, 0.3) is 0 Å². The van der Waals surface area contributed by atoms with E-state index in [-0.39, 0.29) is 0 Å². The first kappa shape index (κ1) is 19.9. The molecule has 0 saturated heterocycles. The molecule has 0 saturated carbocycles. The van der Waals surface area contributed by atoms with Gasteiger partial charge in [0, 0.05) is 13.2 Å². The molecule has 0 heterocycles. The third-order valence-corrected chi connectivity index (χ3v) is 3.88. The average molecular weight is 286 g/mol. The molecule has 2 heteroatoms. The fourth-order valence-corrected chi connectivity index (χ4v) is 2.76. The molecular formula is C18H38O2. The van der Waals surface area contributed by atoms with Gasteiger partial charge in [-0.05, 0) is 37.5 Å². The van der Waals surface area contributed by atoms with E-state index in [2.05, 4.69) is 27.7 Å². The Kier molecular flexibility index (Phi) is 15.3. The quantitative estimate of drug-likeness (QED) is 0.280. The van der Waals surface area contributed by atoms with E-state index in [1.54, 1.807) is 0 Å². The van der Waals surface area contributed by atoms with Crippen molar-refractivity contribution in [2.75, 3.05) is 20.0 Å². The van der Waals surface area contributed by atoms with Crippen LogP contribution < -0.4 is 0 Å². The van der Waals surface area contributed by atoms with Crippen molar-refractivity contribution in [2.24, 2.45) is 11.8 Å². The van der Waals surface area contributed by atoms with Gasteiger partial charge in [-0.2, -0.15) is 0 Å². The molecule has 0 N–H and O–H groups in total. The highest BCUT2D eigenvalue weighted by Gasteiger charge is 2.07. The molecule has 0 spiro atoms. The van der Waals surface area contributed by atoms with Crippen molar-refractivity contribution >= 4 is 0 Å². The van der Waals surface area contributed by atoms with Crippen molar-refractivity contribution in [2.45, 2.75) is 85.5 Å². The standard InChI is InChI=1S/C18H38O2/c1-5-7-8-9-13-19-16-20-14-10-12-18(4)15-17(3)11-6-2/h17-18H,5-16H2,1-4H3. The lowest BCUT2D eigenvalue weighted by Crippen LogP contribution is -2.06. The van der Waals surface area contributed by atoms with Crippen molar-refractivity contribution < 1.29 is 9.47 Å². The summed E-state index contributed by atoms with van der Waals surface area (Å²) in [6, 6.07) is 0. The van der Waals surface area contributed by atoms with Crippen LogP contribution in [0.5, 0.6) is 0 Å². The highest BCUT2D eigenvalue weighted by atomic mass is 16.7. The Morgan fingerprint density at radius 3 is 2.00 bits per heavy atom. The van der Waals surface area contributed by atoms with E-state index in [9.17, 15) is 0 Å². The lowest BCUT2D eigenvalue weighted by Gasteiger charge is -2.16. The number of unbranched alkanes of at least 4 members (excludes halogenated alkanes) is 3. The second-order valence-electron chi connectivity index (χ2n) is 6.37. The smallest absolute Gasteiger partial charge is 0.146 e. The van der Waals surface area contributed by atoms with Crippen LogP contribution in [-0.2, 0) is 9.47 Å². The molecule has 0 aliphatic rings. The van der Waals surface area contributed by atoms with Crippen molar-refractivity contribution in [3.05, 3.63) is 0 Å². The zero-order valence-electron chi connectivity index (χ0n) is 14.5. The summed E-state index contributed by atoms with van der Waals surface area (Å²) in [5, 5.41) is 0. The van der Waals surface area contributed by atoms with Crippen molar-refractivity contribution in [3.8, 4) is 0 Å². The summed E-state index contributed by atoms with van der Waals surface area (Å²) in [6.07, 6.45) is 11.5. The van der Waals surface area contributed by atoms with E-state index in [0.717, 1.165) is 25.0 Å². The Hall–Kier alpha value is -0.0800. The first-order chi connectivity index (χ1) is 9.70. The molecule has 0 aliphatic carbocycles. The van der Waals surface area contributed by atoms with Crippen molar-refractivity contribution in [1.82, 2.24) is 0 Å². The van der Waals surface area contributed by atoms with Gasteiger partial charge in [-0.1, -0.05) is 59.8 Å². The van der Waals surface area contributed by atoms with Gasteiger partial charge in [-0.15, -0.1) is 0 Å². The average Bonchev–Trinajstić information content (AvgIpc) is 2.41. The third kappa shape index (κ3) is 14.3. The Morgan fingerprint density at radius 1 is 0.700 bits per heavy atom. The van der Waals surface area contributed by atoms with Crippen LogP contribution in [0.15, 0.2) is 0 Å². The Labute approximate surface area is 127 Å². The zero-order valence-corrected chi connectivity index (χ0v) is 14.5. The van der Waals surface area contributed by atoms with Crippen LogP contribution in [0.2, 0.25) is 0 Å². The summed E-state index contributed by atoms with van der Waals surface area (Å²) in [4.78, 5) is 0. The van der Waals surface area contributed by atoms with Crippen LogP contribution in [0.4, 0.5) is 0 Å². The first-order valence-electron chi connectivity index (χ1n) is 8.86. The number of ether oxygens (including phenoxy) is 2. The van der Waals surface area contributed by atoms with Gasteiger partial charge >= 0.3 is 0 Å². The van der Waals surface area contributed by atoms with E-state index in [1.165, 1.54) is 57.8 Å². The van der Waals surface area contributed by atoms with E-state index in [0.29, 0.717) is 6.79 Å². The number of hydrogen-bond donors (Lipinski definition) is 0. The molecule has 2 nitrogen and oxygen atoms in total. The molecule has 0 amide bonds. The molecule has 122 valence electrons. The topological polar surface area (TPSA) is 18.5 Å². The molecular weight excluding hydrogens is 248 g/mol. The van der Waals surface area contributed by atoms with Crippen LogP contribution in [0.25, 0.3) is 0 Å². The second kappa shape index (κ2) is 15.3. The molecule has 0 bridgehead atoms. The summed E-state index contributed by atoms with van der Waals surface area (Å²) in [5.41, 5.74) is 0. The van der Waals surface area contributed by atoms with E-state index in [4.69, 9.17) is 9.47 Å². The van der Waals surface area contributed by atoms with Gasteiger partial charge in [-0.3, -0.25) is 0 Å². The second-order valence-corrected chi connectivity index (χ2v) is 6.37. The maximum atomic E-state index is 5.52. The predicted octanol–water partition coefficient (Wildman–Crippen LogP) is 5.80. The number of rotatable bonds is 15. The summed E-state index contributed by atoms with van der Waals surface area (Å²) in [6.45, 7) is 11.4. The van der Waals surface area contributed by atoms with Gasteiger partial charge in [0.1, 0.15) is 6.79 Å². The minimum absolute atomic E-state index is 0.479. The highest BCUT2D eigenvalue weighted by Crippen LogP contribution is 2.20. The van der Waals surface area contributed by atoms with Crippen LogP contribution in [0, 0.1) is 11.8 Å². The maximum Gasteiger partial charge on any atom is 0.146 e. The van der Waals surface area contributed by atoms with Gasteiger partial charge < -0.3 is 9.47 Å². The van der Waals surface area contributed by atoms with Crippen LogP contribution in [-0.4, -0.2) is 20.0 Å². The predicted molar refractivity (Wildman–Crippen MR) is 88.0 cm³/mol. The Balaban J connectivity index is 3.19. The van der Waals surface area contributed by atoms with Gasteiger partial charge in [0.15, 0.2) is 0 Å². The number of hydrogen-bond acceptors (Lipinski definition) is 2. The molecule has 0 aromatic rings. The highest BCUT2D eigenvalue weighted by molar-refractivity contribution is 4.59. The molecule has 20 heavy (non-hydrogen) atoms. The van der Waals surface area contributed by atoms with E-state index < -0.39 is 0 Å². The summed E-state index contributed by atoms with van der Waals surface area (Å²) in [5.74, 6) is 1.71. The summed E-state index contributed by atoms with van der Waals surface area (Å²) >= 11 is 0. The lowest BCUT2D eigenvalue weighted by atomic mass is 9.91. The van der Waals surface area contributed by atoms with Crippen molar-refractivity contribution in [3.63, 3.8) is 0 Å². The van der Waals surface area contributed by atoms with Gasteiger partial charge in [-0.25, -0.2) is 0 Å². The van der Waals surface area contributed by atoms with Crippen LogP contribution in [0.3, 0.4) is 0 Å². The van der Waals surface area contributed by atoms with Crippen LogP contribution >= 0.6 is 0 Å². The summed E-state index contributed by atoms with van der Waals surface area (Å²) in [7, 11) is 0. The molecule has 0 aromatic carbocycles. The molecule has 0 radical (unpaired) electrons. The normalized spacial score (nSPS) is 14.4. The van der Waals surface area contributed by atoms with Crippen LogP contribution in [0.1, 0.15) is 85.5 Å². The minimum atomic E-state index is 0.479. The van der Waals surface area contributed by atoms with E-state index >= 15 is 0 Å². The fourth-order valence-electron chi connectivity index (χ4n) is 2.76. The molecule has 0 rings (SSSR count). The van der Waals surface area contributed by atoms with Gasteiger partial charge in [0.05, 0.1) is 0 Å². The largest absolute Gasteiger partial charge is 0.355 e. The summed E-state index contributed by atoms with van der Waals surface area (Å²) < 4.78 is 11.0. The lowest BCUT2D eigenvalue weighted by molar-refractivity contribution is -0.0561. The van der Waals surface area contributed by atoms with E-state index in [1.807, 2.05) is 0 Å². The zero-order chi connectivity index (χ0) is 15.1. The minimum Gasteiger partial charge on any atom is -0.355 e. The first-order valence-corrected chi connectivity index (χ1v) is 8.86. The SMILES string of the molecule is CCCCCCOCOCCCC(C)CC(C)CCC. The Morgan fingerprint density at radius 2 is 1.35 bits per heavy atom. The van der Waals surface area contributed by atoms with Gasteiger partial charge in [0.2, 0.25) is 0 Å². The molecule has 2 atom stereocenters. The molecule has 2 unspecified atom stereocenters.